The van der Waals surface area contributed by atoms with Gasteiger partial charge in [-0.3, -0.25) is 4.79 Å². The molecular formula is C14H25N3O3. The van der Waals surface area contributed by atoms with Crippen molar-refractivity contribution >= 4 is 12.0 Å². The maximum atomic E-state index is 12.4. The molecular weight excluding hydrogens is 258 g/mol. The Morgan fingerprint density at radius 1 is 1.30 bits per heavy atom. The van der Waals surface area contributed by atoms with Gasteiger partial charge in [0.25, 0.3) is 0 Å². The molecule has 1 N–H and O–H groups in total. The molecule has 0 aliphatic carbocycles. The molecule has 2 fully saturated rings. The normalized spacial score (nSPS) is 27.0. The highest BCUT2D eigenvalue weighted by Gasteiger charge is 2.31. The van der Waals surface area contributed by atoms with Gasteiger partial charge in [-0.25, -0.2) is 4.79 Å². The number of carboxylic acids is 1. The van der Waals surface area contributed by atoms with Crippen molar-refractivity contribution < 1.29 is 14.7 Å². The summed E-state index contributed by atoms with van der Waals surface area (Å²) < 4.78 is 0. The molecule has 114 valence electrons. The number of carboxylic acid groups (broad SMARTS) is 1. The zero-order valence-corrected chi connectivity index (χ0v) is 12.4. The van der Waals surface area contributed by atoms with Crippen LogP contribution in [0.4, 0.5) is 4.79 Å². The molecule has 2 unspecified atom stereocenters. The lowest BCUT2D eigenvalue weighted by Gasteiger charge is -2.29. The van der Waals surface area contributed by atoms with Gasteiger partial charge in [-0.05, 0) is 38.8 Å². The molecule has 0 aromatic rings. The highest BCUT2D eigenvalue weighted by atomic mass is 16.4. The first-order valence-corrected chi connectivity index (χ1v) is 7.39. The van der Waals surface area contributed by atoms with Crippen molar-refractivity contribution in [2.75, 3.05) is 40.3 Å². The Bertz CT molecular complexity index is 375. The van der Waals surface area contributed by atoms with Crippen LogP contribution in [0.25, 0.3) is 0 Å². The van der Waals surface area contributed by atoms with Gasteiger partial charge in [-0.2, -0.15) is 0 Å². The van der Waals surface area contributed by atoms with Crippen LogP contribution in [0.15, 0.2) is 0 Å². The lowest BCUT2D eigenvalue weighted by Crippen LogP contribution is -2.45. The summed E-state index contributed by atoms with van der Waals surface area (Å²) in [6.45, 7) is 3.13. The second-order valence-corrected chi connectivity index (χ2v) is 6.14. The lowest BCUT2D eigenvalue weighted by molar-refractivity contribution is -0.138. The number of urea groups is 1. The lowest BCUT2D eigenvalue weighted by atomic mass is 10.1. The Kier molecular flexibility index (Phi) is 4.86. The molecule has 0 bridgehead atoms. The molecule has 0 saturated carbocycles. The zero-order valence-electron chi connectivity index (χ0n) is 12.4. The van der Waals surface area contributed by atoms with Crippen LogP contribution in [-0.4, -0.2) is 78.1 Å². The van der Waals surface area contributed by atoms with Crippen molar-refractivity contribution in [3.8, 4) is 0 Å². The minimum atomic E-state index is -0.773. The number of aliphatic carboxylic acids is 1. The van der Waals surface area contributed by atoms with Crippen molar-refractivity contribution in [2.24, 2.45) is 5.92 Å². The quantitative estimate of drug-likeness (QED) is 0.833. The highest BCUT2D eigenvalue weighted by Crippen LogP contribution is 2.21. The molecule has 6 heteroatoms. The Morgan fingerprint density at radius 3 is 2.65 bits per heavy atom. The zero-order chi connectivity index (χ0) is 14.7. The van der Waals surface area contributed by atoms with E-state index in [1.165, 1.54) is 6.42 Å². The first-order chi connectivity index (χ1) is 9.47. The molecule has 2 amide bonds. The minimum Gasteiger partial charge on any atom is -0.481 e. The number of hydrogen-bond donors (Lipinski definition) is 1. The standard InChI is InChI=1S/C14H25N3O3/c1-15-6-3-4-12(15)10-16(2)14(20)17-7-5-11(9-17)8-13(18)19/h11-12H,3-10H2,1-2H3,(H,18,19). The predicted molar refractivity (Wildman–Crippen MR) is 75.6 cm³/mol. The molecule has 0 aromatic carbocycles. The van der Waals surface area contributed by atoms with Crippen molar-refractivity contribution in [3.05, 3.63) is 0 Å². The fourth-order valence-electron chi connectivity index (χ4n) is 3.27. The molecule has 2 rings (SSSR count). The van der Waals surface area contributed by atoms with Crippen LogP contribution in [0.5, 0.6) is 0 Å². The van der Waals surface area contributed by atoms with E-state index in [2.05, 4.69) is 11.9 Å². The fraction of sp³-hybridized carbons (Fsp3) is 0.857. The molecule has 20 heavy (non-hydrogen) atoms. The van der Waals surface area contributed by atoms with Gasteiger partial charge in [0.2, 0.25) is 0 Å². The minimum absolute atomic E-state index is 0.0400. The van der Waals surface area contributed by atoms with E-state index in [0.717, 1.165) is 25.9 Å². The average Bonchev–Trinajstić information content (AvgIpc) is 2.98. The van der Waals surface area contributed by atoms with Gasteiger partial charge in [-0.1, -0.05) is 0 Å². The van der Waals surface area contributed by atoms with Gasteiger partial charge in [0.15, 0.2) is 0 Å². The Morgan fingerprint density at radius 2 is 2.05 bits per heavy atom. The summed E-state index contributed by atoms with van der Waals surface area (Å²) in [7, 11) is 3.95. The summed E-state index contributed by atoms with van der Waals surface area (Å²) >= 11 is 0. The van der Waals surface area contributed by atoms with Crippen molar-refractivity contribution in [1.82, 2.24) is 14.7 Å². The van der Waals surface area contributed by atoms with Gasteiger partial charge >= 0.3 is 12.0 Å². The third kappa shape index (κ3) is 3.62. The summed E-state index contributed by atoms with van der Waals surface area (Å²) in [5.41, 5.74) is 0. The van der Waals surface area contributed by atoms with Crippen molar-refractivity contribution in [1.29, 1.82) is 0 Å². The smallest absolute Gasteiger partial charge is 0.319 e. The Labute approximate surface area is 120 Å². The molecule has 2 saturated heterocycles. The first-order valence-electron chi connectivity index (χ1n) is 7.39. The summed E-state index contributed by atoms with van der Waals surface area (Å²) in [6.07, 6.45) is 3.32. The second-order valence-electron chi connectivity index (χ2n) is 6.14. The number of likely N-dealkylation sites (N-methyl/N-ethyl adjacent to an activating group) is 2. The third-order valence-corrected chi connectivity index (χ3v) is 4.50. The van der Waals surface area contributed by atoms with E-state index in [-0.39, 0.29) is 18.4 Å². The molecule has 0 radical (unpaired) electrons. The second kappa shape index (κ2) is 6.43. The maximum absolute atomic E-state index is 12.4. The first kappa shape index (κ1) is 15.1. The summed E-state index contributed by atoms with van der Waals surface area (Å²) in [4.78, 5) is 29.0. The SMILES string of the molecule is CN(CC1CCCN1C)C(=O)N1CCC(CC(=O)O)C1. The van der Waals surface area contributed by atoms with Crippen molar-refractivity contribution in [3.63, 3.8) is 0 Å². The fourth-order valence-corrected chi connectivity index (χ4v) is 3.27. The number of nitrogens with zero attached hydrogens (tertiary/aromatic N) is 3. The number of rotatable bonds is 4. The number of carbonyl (C=O) groups excluding carboxylic acids is 1. The van der Waals surface area contributed by atoms with Crippen LogP contribution in [0.2, 0.25) is 0 Å². The Balaban J connectivity index is 1.80. The van der Waals surface area contributed by atoms with Crippen LogP contribution in [-0.2, 0) is 4.79 Å². The van der Waals surface area contributed by atoms with E-state index in [0.29, 0.717) is 19.1 Å². The van der Waals surface area contributed by atoms with Crippen LogP contribution < -0.4 is 0 Å². The van der Waals surface area contributed by atoms with Crippen LogP contribution in [0.1, 0.15) is 25.7 Å². The van der Waals surface area contributed by atoms with E-state index < -0.39 is 5.97 Å². The number of hydrogen-bond acceptors (Lipinski definition) is 3. The van der Waals surface area contributed by atoms with E-state index in [1.807, 2.05) is 7.05 Å². The third-order valence-electron chi connectivity index (χ3n) is 4.50. The van der Waals surface area contributed by atoms with Gasteiger partial charge in [0.05, 0.1) is 0 Å². The molecule has 2 aliphatic rings. The van der Waals surface area contributed by atoms with Gasteiger partial charge in [0.1, 0.15) is 0 Å². The van der Waals surface area contributed by atoms with E-state index in [4.69, 9.17) is 5.11 Å². The molecule has 2 atom stereocenters. The maximum Gasteiger partial charge on any atom is 0.319 e. The summed E-state index contributed by atoms with van der Waals surface area (Å²) in [5.74, 6) is -0.663. The topological polar surface area (TPSA) is 64.1 Å². The van der Waals surface area contributed by atoms with E-state index in [1.54, 1.807) is 9.80 Å². The van der Waals surface area contributed by atoms with Gasteiger partial charge in [-0.15, -0.1) is 0 Å². The van der Waals surface area contributed by atoms with Gasteiger partial charge < -0.3 is 19.8 Å². The molecule has 0 aromatic heterocycles. The van der Waals surface area contributed by atoms with E-state index >= 15 is 0 Å². The Hall–Kier alpha value is -1.30. The summed E-state index contributed by atoms with van der Waals surface area (Å²) in [6, 6.07) is 0.500. The monoisotopic (exact) mass is 283 g/mol. The van der Waals surface area contributed by atoms with Crippen LogP contribution in [0.3, 0.4) is 0 Å². The number of carbonyl (C=O) groups is 2. The van der Waals surface area contributed by atoms with Crippen LogP contribution in [0, 0.1) is 5.92 Å². The molecule has 2 heterocycles. The predicted octanol–water partition coefficient (Wildman–Crippen LogP) is 0.929. The number of likely N-dealkylation sites (tertiary alicyclic amines) is 2. The molecule has 0 spiro atoms. The van der Waals surface area contributed by atoms with Gasteiger partial charge in [0, 0.05) is 39.1 Å². The average molecular weight is 283 g/mol. The largest absolute Gasteiger partial charge is 0.481 e. The summed E-state index contributed by atoms with van der Waals surface area (Å²) in [5, 5.41) is 8.81. The highest BCUT2D eigenvalue weighted by molar-refractivity contribution is 5.75. The molecule has 6 nitrogen and oxygen atoms in total. The number of amides is 2. The van der Waals surface area contributed by atoms with E-state index in [9.17, 15) is 9.59 Å². The van der Waals surface area contributed by atoms with Crippen LogP contribution >= 0.6 is 0 Å². The van der Waals surface area contributed by atoms with Crippen molar-refractivity contribution in [2.45, 2.75) is 31.7 Å². The molecule has 2 aliphatic heterocycles.